The molecule has 2 amide bonds. The minimum Gasteiger partial charge on any atom is -0.462 e. The quantitative estimate of drug-likeness (QED) is 0.0191. The molecule has 3 unspecified atom stereocenters. The molecule has 676 valence electrons. The molecule has 0 radical (unpaired) electrons. The maximum Gasteiger partial charge on any atom is 0.470 e. The van der Waals surface area contributed by atoms with Crippen LogP contribution in [0.25, 0.3) is 0 Å². The zero-order valence-electron chi connectivity index (χ0n) is 75.0. The molecule has 115 heavy (non-hydrogen) atoms. The van der Waals surface area contributed by atoms with Gasteiger partial charge in [-0.1, -0.05) is 388 Å². The number of phosphoric ester groups is 1. The van der Waals surface area contributed by atoms with Crippen molar-refractivity contribution in [2.24, 2.45) is 0 Å². The van der Waals surface area contributed by atoms with E-state index < -0.39 is 99.7 Å². The molecule has 0 saturated carbocycles. The van der Waals surface area contributed by atoms with Crippen LogP contribution in [-0.4, -0.2) is 130 Å². The zero-order valence-corrected chi connectivity index (χ0v) is 75.9. The number of likely N-dealkylation sites (tertiary alicyclic amines) is 1. The van der Waals surface area contributed by atoms with Gasteiger partial charge in [0.15, 0.2) is 12.4 Å². The van der Waals surface area contributed by atoms with Gasteiger partial charge in [0.05, 0.1) is 38.5 Å². The van der Waals surface area contributed by atoms with Crippen molar-refractivity contribution in [1.29, 1.82) is 0 Å². The molecular formula is C95H179N2O17P. The molecule has 2 rings (SSSR count). The lowest BCUT2D eigenvalue weighted by atomic mass is 9.95. The molecule has 2 heterocycles. The molecular weight excluding hydrogens is 1470 g/mol. The van der Waals surface area contributed by atoms with Gasteiger partial charge in [-0.25, -0.2) is 4.57 Å². The average molecular weight is 1650 g/mol. The molecule has 2 saturated heterocycles. The number of hydrogen-bond acceptors (Lipinski definition) is 15. The summed E-state index contributed by atoms with van der Waals surface area (Å²) < 4.78 is 56.7. The van der Waals surface area contributed by atoms with Crippen LogP contribution in [0.1, 0.15) is 497 Å². The normalized spacial score (nSPS) is 17.9. The predicted octanol–water partition coefficient (Wildman–Crippen LogP) is 25.4. The number of nitrogens with zero attached hydrogens (tertiary/aromatic N) is 1. The van der Waals surface area contributed by atoms with E-state index in [1.807, 2.05) is 0 Å². The van der Waals surface area contributed by atoms with E-state index in [0.717, 1.165) is 141 Å². The summed E-state index contributed by atoms with van der Waals surface area (Å²) >= 11 is 0. The van der Waals surface area contributed by atoms with E-state index in [4.69, 9.17) is 32.9 Å². The van der Waals surface area contributed by atoms with Crippen molar-refractivity contribution in [3.63, 3.8) is 0 Å². The van der Waals surface area contributed by atoms with Gasteiger partial charge >= 0.3 is 31.7 Å². The number of ether oxygens (including phenoxy) is 6. The summed E-state index contributed by atoms with van der Waals surface area (Å²) in [5.74, 6) is -2.89. The lowest BCUT2D eigenvalue weighted by molar-refractivity contribution is -0.273. The summed E-state index contributed by atoms with van der Waals surface area (Å²) in [5.41, 5.74) is 0. The van der Waals surface area contributed by atoms with Crippen molar-refractivity contribution in [1.82, 2.24) is 10.2 Å². The van der Waals surface area contributed by atoms with Crippen LogP contribution in [0.15, 0.2) is 0 Å². The number of esters is 4. The Morgan fingerprint density at radius 2 is 0.687 bits per heavy atom. The van der Waals surface area contributed by atoms with Crippen LogP contribution in [0.4, 0.5) is 0 Å². The van der Waals surface area contributed by atoms with Crippen molar-refractivity contribution in [3.8, 4) is 0 Å². The van der Waals surface area contributed by atoms with Crippen molar-refractivity contribution in [2.75, 3.05) is 19.8 Å². The summed E-state index contributed by atoms with van der Waals surface area (Å²) in [6.07, 6.45) is 59.7. The fourth-order valence-corrected chi connectivity index (χ4v) is 17.2. The van der Waals surface area contributed by atoms with Crippen LogP contribution < -0.4 is 5.32 Å². The zero-order chi connectivity index (χ0) is 83.7. The Morgan fingerprint density at radius 1 is 0.391 bits per heavy atom. The van der Waals surface area contributed by atoms with Gasteiger partial charge in [0.1, 0.15) is 36.6 Å². The van der Waals surface area contributed by atoms with Crippen molar-refractivity contribution >= 4 is 43.5 Å². The smallest absolute Gasteiger partial charge is 0.462 e. The molecule has 19 nitrogen and oxygen atoms in total. The Morgan fingerprint density at radius 3 is 1.00 bits per heavy atom. The van der Waals surface area contributed by atoms with Gasteiger partial charge in [-0.3, -0.25) is 33.3 Å². The van der Waals surface area contributed by atoms with E-state index in [9.17, 15) is 43.4 Å². The highest BCUT2D eigenvalue weighted by Gasteiger charge is 2.53. The average Bonchev–Trinajstić information content (AvgIpc) is 1.12. The van der Waals surface area contributed by atoms with Gasteiger partial charge in [0.2, 0.25) is 11.8 Å². The van der Waals surface area contributed by atoms with E-state index in [2.05, 4.69) is 46.9 Å². The van der Waals surface area contributed by atoms with Gasteiger partial charge in [0, 0.05) is 25.8 Å². The number of aliphatic hydroxyl groups excluding tert-OH is 1. The number of rotatable bonds is 83. The first kappa shape index (κ1) is 108. The van der Waals surface area contributed by atoms with Crippen LogP contribution in [0.2, 0.25) is 0 Å². The molecule has 0 spiro atoms. The number of aliphatic hydroxyl groups is 1. The second-order valence-corrected chi connectivity index (χ2v) is 35.9. The van der Waals surface area contributed by atoms with Crippen molar-refractivity contribution in [2.45, 2.75) is 552 Å². The standard InChI is InChI=1S/C95H179N2O17P/c1-7-13-19-25-31-37-40-46-52-58-64-72-88(101)109-82(69-61-55-49-43-34-28-22-16-10-4)76-86(99)96-92-94(113-91(104)78-84(71-63-57-51-45-36-30-24-18-12-6)111-90(103)74-66-60-54-48-42-39-33-27-21-15-9-3)93(114-115(105,106)107)85(79-98)112-95(92)108-80-81-68-67-75-97(81)87(100)77-83(70-62-56-50-44-35-29-23-17-11-5)110-89(102)73-65-59-53-47-41-38-32-26-20-14-8-2/h81-85,92-95,98H,7-80H2,1-6H3,(H,96,99)(H2,105,106,107)/t81-,82+,83+,84+,85?,92?,93+,94?,95+/m0/s1. The third-order valence-corrected chi connectivity index (χ3v) is 24.3. The summed E-state index contributed by atoms with van der Waals surface area (Å²) in [6.45, 7) is 12.7. The fourth-order valence-electron chi connectivity index (χ4n) is 16.7. The molecule has 0 aromatic carbocycles. The fraction of sp³-hybridized carbons (Fsp3) is 0.937. The highest BCUT2D eigenvalue weighted by atomic mass is 31.2. The Kier molecular flexibility index (Phi) is 71.1. The number of hydrogen-bond donors (Lipinski definition) is 4. The number of carbonyl (C=O) groups is 6. The summed E-state index contributed by atoms with van der Waals surface area (Å²) in [4.78, 5) is 109. The van der Waals surface area contributed by atoms with E-state index >= 15 is 4.79 Å². The van der Waals surface area contributed by atoms with Crippen LogP contribution in [0.3, 0.4) is 0 Å². The molecule has 2 aliphatic heterocycles. The summed E-state index contributed by atoms with van der Waals surface area (Å²) in [5, 5.41) is 14.1. The maximum absolute atomic E-state index is 15.1. The minimum atomic E-state index is -5.49. The van der Waals surface area contributed by atoms with Gasteiger partial charge in [-0.05, 0) is 70.6 Å². The van der Waals surface area contributed by atoms with Crippen LogP contribution in [0, 0.1) is 0 Å². The lowest BCUT2D eigenvalue weighted by Crippen LogP contribution is -2.66. The molecule has 4 N–H and O–H groups in total. The van der Waals surface area contributed by atoms with E-state index in [1.54, 1.807) is 4.90 Å². The second-order valence-electron chi connectivity index (χ2n) is 34.7. The second kappa shape index (κ2) is 75.8. The number of carbonyl (C=O) groups excluding carboxylic acids is 6. The van der Waals surface area contributed by atoms with E-state index in [0.29, 0.717) is 70.8 Å². The van der Waals surface area contributed by atoms with Gasteiger partial charge in [-0.15, -0.1) is 0 Å². The van der Waals surface area contributed by atoms with Crippen LogP contribution in [0.5, 0.6) is 0 Å². The maximum atomic E-state index is 15.1. The number of amides is 2. The molecule has 0 bridgehead atoms. The molecule has 20 heteroatoms. The Labute approximate surface area is 703 Å². The topological polar surface area (TPSA) is 260 Å². The van der Waals surface area contributed by atoms with Crippen LogP contribution in [-0.2, 0) is 66.3 Å². The number of phosphoric acid groups is 1. The first-order valence-corrected chi connectivity index (χ1v) is 50.5. The monoisotopic (exact) mass is 1650 g/mol. The first-order valence-electron chi connectivity index (χ1n) is 49.0. The van der Waals surface area contributed by atoms with Crippen molar-refractivity contribution in [3.05, 3.63) is 0 Å². The molecule has 2 fully saturated rings. The minimum absolute atomic E-state index is 0.0129. The number of nitrogens with one attached hydrogen (secondary N) is 1. The van der Waals surface area contributed by atoms with Gasteiger partial charge in [-0.2, -0.15) is 0 Å². The van der Waals surface area contributed by atoms with Gasteiger partial charge < -0.3 is 53.5 Å². The lowest BCUT2D eigenvalue weighted by Gasteiger charge is -2.45. The number of unbranched alkanes of at least 4 members (excludes halogenated alkanes) is 54. The van der Waals surface area contributed by atoms with E-state index in [-0.39, 0.29) is 44.2 Å². The van der Waals surface area contributed by atoms with E-state index in [1.165, 1.54) is 218 Å². The van der Waals surface area contributed by atoms with Crippen LogP contribution >= 0.6 is 7.82 Å². The third kappa shape index (κ3) is 60.9. The SMILES string of the molecule is CCCCCCCCCCCCCC(=O)O[C@H](CCCCCCCCCCC)CC(=O)NC1C(OC(=O)C[C@@H](CCCCCCCCCCC)OC(=O)CCCCCCCCCCCCC)[C@H](OP(=O)(O)O)C(CO)O[C@H]1OC[C@@H]1CCCN1C(=O)C[C@@H](CCCCCCCCCCC)OC(=O)CCCCCCCCCCCCC. The highest BCUT2D eigenvalue weighted by molar-refractivity contribution is 7.46. The molecule has 0 aromatic heterocycles. The molecule has 0 aromatic rings. The Hall–Kier alpha value is -3.19. The molecule has 2 aliphatic rings. The van der Waals surface area contributed by atoms with Crippen molar-refractivity contribution < 1.29 is 81.2 Å². The molecule has 0 aliphatic carbocycles. The first-order chi connectivity index (χ1) is 56.0. The summed E-state index contributed by atoms with van der Waals surface area (Å²) in [6, 6.07) is -2.10. The molecule has 9 atom stereocenters. The van der Waals surface area contributed by atoms with Gasteiger partial charge in [0.25, 0.3) is 0 Å². The predicted molar refractivity (Wildman–Crippen MR) is 467 cm³/mol. The summed E-state index contributed by atoms with van der Waals surface area (Å²) in [7, 11) is -5.49. The Balaban J connectivity index is 2.60. The highest BCUT2D eigenvalue weighted by Crippen LogP contribution is 2.43. The Bertz CT molecular complexity index is 2360. The largest absolute Gasteiger partial charge is 0.470 e. The third-order valence-electron chi connectivity index (χ3n) is 23.8.